The van der Waals surface area contributed by atoms with Gasteiger partial charge in [0.1, 0.15) is 17.6 Å². The predicted octanol–water partition coefficient (Wildman–Crippen LogP) is 4.95. The molecule has 356 valence electrons. The summed E-state index contributed by atoms with van der Waals surface area (Å²) in [4.78, 5) is 98.8. The summed E-state index contributed by atoms with van der Waals surface area (Å²) in [5, 5.41) is 8.73. The number of hydroxylamine groups is 2. The first-order chi connectivity index (χ1) is 31.9. The molecule has 0 spiro atoms. The maximum Gasteiger partial charge on any atom is 0.378 e. The first-order valence-corrected chi connectivity index (χ1v) is 22.5. The molecule has 3 aromatic rings. The van der Waals surface area contributed by atoms with Crippen molar-refractivity contribution >= 4 is 50.1 Å². The van der Waals surface area contributed by atoms with Crippen LogP contribution in [0.5, 0.6) is 5.75 Å². The van der Waals surface area contributed by atoms with Crippen LogP contribution in [-0.2, 0) is 44.7 Å². The average molecular weight is 916 g/mol. The van der Waals surface area contributed by atoms with Crippen LogP contribution in [0, 0.1) is 12.8 Å². The van der Waals surface area contributed by atoms with Gasteiger partial charge in [-0.25, -0.2) is 4.79 Å². The number of hydrogen-bond donors (Lipinski definition) is 3. The number of amides is 4. The smallest absolute Gasteiger partial charge is 0.378 e. The zero-order valence-corrected chi connectivity index (χ0v) is 38.5. The number of morpholine rings is 1. The summed E-state index contributed by atoms with van der Waals surface area (Å²) in [6, 6.07) is 10.7. The van der Waals surface area contributed by atoms with E-state index in [1.54, 1.807) is 39.0 Å². The number of benzene rings is 2. The molecule has 4 rings (SSSR count). The Labute approximate surface area is 387 Å². The van der Waals surface area contributed by atoms with Gasteiger partial charge in [-0.1, -0.05) is 64.7 Å². The van der Waals surface area contributed by atoms with E-state index in [9.17, 15) is 33.6 Å². The average Bonchev–Trinajstić information content (AvgIpc) is 3.82. The van der Waals surface area contributed by atoms with Gasteiger partial charge in [-0.2, -0.15) is 5.06 Å². The molecule has 0 saturated carbocycles. The summed E-state index contributed by atoms with van der Waals surface area (Å²) in [6.07, 6.45) is 4.42. The molecule has 66 heavy (non-hydrogen) atoms. The normalized spacial score (nSPS) is 13.9. The van der Waals surface area contributed by atoms with Crippen molar-refractivity contribution in [2.24, 2.45) is 5.92 Å². The molecular weight excluding hydrogens is 853 g/mol. The third-order valence-corrected chi connectivity index (χ3v) is 11.0. The fourth-order valence-electron chi connectivity index (χ4n) is 7.39. The standard InChI is InChI=1S/C47H62BN5O13/c1-6-10-12-13-35(38(8-3)53(30-54)66-46(59)34-16-14-32(25-31(34)5)28-52-20-23-61-24-21-52)43(56)49-29-50-45(58)40-19-18-39(64-40)33-15-17-36(41(26-33)62-9-4)44(57)51-37(47(60)65-48)27-42(55)63-22-11-7-2/h14-19,25-26,30,35,37-38H,6-13,20-24,27-29H2,1-5H3,(H,49,56)(H,50,58)(H,51,57)/t35-,37+,38-/m1/s1. The summed E-state index contributed by atoms with van der Waals surface area (Å²) in [7, 11) is 5.06. The van der Waals surface area contributed by atoms with E-state index in [1.807, 2.05) is 26.0 Å². The van der Waals surface area contributed by atoms with Gasteiger partial charge in [0.25, 0.3) is 11.8 Å². The van der Waals surface area contributed by atoms with Gasteiger partial charge < -0.3 is 44.1 Å². The number of carbonyl (C=O) groups excluding carboxylic acids is 7. The molecule has 19 heteroatoms. The molecule has 3 atom stereocenters. The minimum absolute atomic E-state index is 0.0304. The molecule has 1 aliphatic rings. The maximum atomic E-state index is 13.8. The minimum Gasteiger partial charge on any atom is -0.542 e. The molecular formula is C47H62BN5O13. The Kier molecular flexibility index (Phi) is 21.7. The van der Waals surface area contributed by atoms with E-state index in [0.717, 1.165) is 43.0 Å². The number of aryl methyl sites for hydroxylation is 1. The Hall–Kier alpha value is -6.21. The van der Waals surface area contributed by atoms with Crippen LogP contribution < -0.4 is 20.7 Å². The third-order valence-electron chi connectivity index (χ3n) is 11.0. The maximum absolute atomic E-state index is 13.8. The van der Waals surface area contributed by atoms with Crippen molar-refractivity contribution in [1.29, 1.82) is 0 Å². The summed E-state index contributed by atoms with van der Waals surface area (Å²) in [6.45, 7) is 13.0. The molecule has 1 saturated heterocycles. The monoisotopic (exact) mass is 915 g/mol. The van der Waals surface area contributed by atoms with Crippen molar-refractivity contribution < 1.29 is 61.7 Å². The summed E-state index contributed by atoms with van der Waals surface area (Å²) in [5.74, 6) is -4.81. The Bertz CT molecular complexity index is 2110. The lowest BCUT2D eigenvalue weighted by Crippen LogP contribution is -2.49. The van der Waals surface area contributed by atoms with Crippen molar-refractivity contribution in [3.63, 3.8) is 0 Å². The van der Waals surface area contributed by atoms with Crippen molar-refractivity contribution in [2.45, 2.75) is 105 Å². The molecule has 1 fully saturated rings. The summed E-state index contributed by atoms with van der Waals surface area (Å²) in [5.41, 5.74) is 2.50. The van der Waals surface area contributed by atoms with E-state index in [-0.39, 0.29) is 42.7 Å². The minimum atomic E-state index is -1.43. The van der Waals surface area contributed by atoms with E-state index >= 15 is 0 Å². The van der Waals surface area contributed by atoms with Crippen molar-refractivity contribution in [2.75, 3.05) is 46.2 Å². The van der Waals surface area contributed by atoms with Gasteiger partial charge in [0.15, 0.2) is 5.76 Å². The lowest BCUT2D eigenvalue weighted by Gasteiger charge is -2.32. The van der Waals surface area contributed by atoms with E-state index in [1.165, 1.54) is 18.2 Å². The quantitative estimate of drug-likeness (QED) is 0.0230. The van der Waals surface area contributed by atoms with Gasteiger partial charge in [-0.05, 0) is 74.6 Å². The molecule has 0 unspecified atom stereocenters. The number of esters is 1. The third kappa shape index (κ3) is 15.5. The van der Waals surface area contributed by atoms with E-state index in [2.05, 4.69) is 25.5 Å². The number of ether oxygens (including phenoxy) is 3. The second-order valence-electron chi connectivity index (χ2n) is 15.7. The molecule has 1 aromatic heterocycles. The first-order valence-electron chi connectivity index (χ1n) is 22.5. The van der Waals surface area contributed by atoms with E-state index in [0.29, 0.717) is 68.5 Å². The second-order valence-corrected chi connectivity index (χ2v) is 15.7. The highest BCUT2D eigenvalue weighted by Gasteiger charge is 2.34. The number of rotatable bonds is 27. The number of carbonyl (C=O) groups is 7. The SMILES string of the molecule is [B]OC(=O)[C@H](CC(=O)OCCCC)NC(=O)c1ccc(-c2ccc(C(=O)NCNC(=O)[C@H](CCCCC)[C@@H](CC)N(C=O)OC(=O)c3ccc(CN4CCOCC4)cc3C)o2)cc1OCC. The number of furan rings is 1. The molecule has 1 aliphatic heterocycles. The van der Waals surface area contributed by atoms with Crippen LogP contribution in [0.1, 0.15) is 121 Å². The van der Waals surface area contributed by atoms with Crippen molar-refractivity contribution in [3.05, 3.63) is 76.5 Å². The Morgan fingerprint density at radius 1 is 0.894 bits per heavy atom. The Morgan fingerprint density at radius 2 is 1.64 bits per heavy atom. The van der Waals surface area contributed by atoms with Crippen LogP contribution in [0.4, 0.5) is 0 Å². The topological polar surface area (TPSA) is 221 Å². The Balaban J connectivity index is 1.39. The highest BCUT2D eigenvalue weighted by Crippen LogP contribution is 2.30. The van der Waals surface area contributed by atoms with Crippen LogP contribution in [0.25, 0.3) is 11.3 Å². The number of unbranched alkanes of at least 4 members (excludes halogenated alkanes) is 3. The van der Waals surface area contributed by atoms with Gasteiger partial charge >= 0.3 is 26.0 Å². The number of nitrogens with zero attached hydrogens (tertiary/aromatic N) is 2. The highest BCUT2D eigenvalue weighted by atomic mass is 16.7. The fourth-order valence-corrected chi connectivity index (χ4v) is 7.39. The largest absolute Gasteiger partial charge is 0.542 e. The predicted molar refractivity (Wildman–Crippen MR) is 242 cm³/mol. The second kappa shape index (κ2) is 27.3. The molecule has 2 heterocycles. The molecule has 2 aromatic carbocycles. The number of nitrogens with one attached hydrogen (secondary N) is 3. The fraction of sp³-hybridized carbons (Fsp3) is 0.511. The zero-order valence-electron chi connectivity index (χ0n) is 38.5. The number of hydrogen-bond acceptors (Lipinski definition) is 14. The zero-order chi connectivity index (χ0) is 48.0. The van der Waals surface area contributed by atoms with Gasteiger partial charge in [-0.15, -0.1) is 0 Å². The first kappa shape index (κ1) is 52.4. The van der Waals surface area contributed by atoms with Crippen LogP contribution in [0.15, 0.2) is 52.9 Å². The molecule has 4 amide bonds. The van der Waals surface area contributed by atoms with Gasteiger partial charge in [0.2, 0.25) is 12.3 Å². The van der Waals surface area contributed by atoms with E-state index < -0.39 is 60.1 Å². The van der Waals surface area contributed by atoms with Crippen LogP contribution >= 0.6 is 0 Å². The molecule has 3 N–H and O–H groups in total. The lowest BCUT2D eigenvalue weighted by molar-refractivity contribution is -0.171. The molecule has 2 radical (unpaired) electrons. The van der Waals surface area contributed by atoms with E-state index in [4.69, 9.17) is 31.5 Å². The Morgan fingerprint density at radius 3 is 2.30 bits per heavy atom. The highest BCUT2D eigenvalue weighted by molar-refractivity contribution is 6.08. The lowest BCUT2D eigenvalue weighted by atomic mass is 9.90. The van der Waals surface area contributed by atoms with Crippen molar-refractivity contribution in [1.82, 2.24) is 25.9 Å². The summed E-state index contributed by atoms with van der Waals surface area (Å²) >= 11 is 0. The molecule has 0 aliphatic carbocycles. The van der Waals surface area contributed by atoms with Crippen LogP contribution in [0.3, 0.4) is 0 Å². The molecule has 18 nitrogen and oxygen atoms in total. The van der Waals surface area contributed by atoms with Gasteiger partial charge in [0, 0.05) is 25.2 Å². The van der Waals surface area contributed by atoms with Crippen LogP contribution in [0.2, 0.25) is 0 Å². The van der Waals surface area contributed by atoms with Gasteiger partial charge in [0.05, 0.1) is 62.6 Å². The van der Waals surface area contributed by atoms with Crippen molar-refractivity contribution in [3.8, 4) is 17.1 Å². The summed E-state index contributed by atoms with van der Waals surface area (Å²) < 4.78 is 26.4. The van der Waals surface area contributed by atoms with Gasteiger partial charge in [-0.3, -0.25) is 33.7 Å². The molecule has 0 bridgehead atoms. The van der Waals surface area contributed by atoms with Crippen LogP contribution in [-0.4, -0.2) is 118 Å².